The number of halogens is 1. The predicted molar refractivity (Wildman–Crippen MR) is 65.6 cm³/mol. The molecule has 0 spiro atoms. The van der Waals surface area contributed by atoms with Gasteiger partial charge in [-0.15, -0.1) is 0 Å². The topological polar surface area (TPSA) is 81.0 Å². The highest BCUT2D eigenvalue weighted by Gasteiger charge is 2.39. The van der Waals surface area contributed by atoms with E-state index in [-0.39, 0.29) is 13.0 Å². The number of carbonyl (C=O) groups is 1. The molecule has 1 aromatic carbocycles. The van der Waals surface area contributed by atoms with E-state index in [0.29, 0.717) is 10.6 Å². The molecule has 0 radical (unpaired) electrons. The third kappa shape index (κ3) is 2.43. The second kappa shape index (κ2) is 5.14. The van der Waals surface area contributed by atoms with E-state index in [9.17, 15) is 15.0 Å². The zero-order valence-corrected chi connectivity index (χ0v) is 10.3. The summed E-state index contributed by atoms with van der Waals surface area (Å²) < 4.78 is 0. The van der Waals surface area contributed by atoms with Crippen molar-refractivity contribution < 1.29 is 20.1 Å². The van der Waals surface area contributed by atoms with Crippen molar-refractivity contribution in [2.75, 3.05) is 6.54 Å². The molecular formula is C12H14ClNO4. The van der Waals surface area contributed by atoms with Crippen LogP contribution in [0, 0.1) is 0 Å². The SMILES string of the molecule is O=C(O)N1CCC(O)C(O)C1c1ccc(Cl)cc1. The molecule has 2 rings (SSSR count). The number of rotatable bonds is 1. The molecular weight excluding hydrogens is 258 g/mol. The fourth-order valence-electron chi connectivity index (χ4n) is 2.23. The summed E-state index contributed by atoms with van der Waals surface area (Å²) in [6, 6.07) is 5.81. The monoisotopic (exact) mass is 271 g/mol. The Morgan fingerprint density at radius 1 is 1.28 bits per heavy atom. The quantitative estimate of drug-likeness (QED) is 0.723. The number of hydrogen-bond acceptors (Lipinski definition) is 3. The van der Waals surface area contributed by atoms with Crippen LogP contribution in [-0.2, 0) is 0 Å². The van der Waals surface area contributed by atoms with E-state index in [4.69, 9.17) is 16.7 Å². The third-order valence-corrected chi connectivity index (χ3v) is 3.43. The van der Waals surface area contributed by atoms with Crippen molar-refractivity contribution in [2.45, 2.75) is 24.7 Å². The summed E-state index contributed by atoms with van der Waals surface area (Å²) >= 11 is 5.77. The van der Waals surface area contributed by atoms with Gasteiger partial charge in [0.2, 0.25) is 0 Å². The number of amides is 1. The highest BCUT2D eigenvalue weighted by atomic mass is 35.5. The first-order valence-corrected chi connectivity index (χ1v) is 5.99. The van der Waals surface area contributed by atoms with Crippen LogP contribution in [0.3, 0.4) is 0 Å². The van der Waals surface area contributed by atoms with Crippen molar-refractivity contribution in [1.82, 2.24) is 4.90 Å². The highest BCUT2D eigenvalue weighted by Crippen LogP contribution is 2.32. The Balaban J connectivity index is 2.34. The van der Waals surface area contributed by atoms with Crippen LogP contribution in [0.5, 0.6) is 0 Å². The normalized spacial score (nSPS) is 28.2. The summed E-state index contributed by atoms with van der Waals surface area (Å²) in [6.45, 7) is 0.195. The molecule has 1 fully saturated rings. The molecule has 3 unspecified atom stereocenters. The lowest BCUT2D eigenvalue weighted by Gasteiger charge is -2.40. The number of aliphatic hydroxyl groups excluding tert-OH is 2. The van der Waals surface area contributed by atoms with Crippen LogP contribution < -0.4 is 0 Å². The fourth-order valence-corrected chi connectivity index (χ4v) is 2.35. The summed E-state index contributed by atoms with van der Waals surface area (Å²) in [5.41, 5.74) is 0.619. The maximum atomic E-state index is 11.2. The molecule has 1 heterocycles. The minimum absolute atomic E-state index is 0.195. The minimum atomic E-state index is -1.13. The van der Waals surface area contributed by atoms with Gasteiger partial charge in [0.1, 0.15) is 6.10 Å². The molecule has 0 aromatic heterocycles. The molecule has 1 aliphatic heterocycles. The molecule has 0 bridgehead atoms. The molecule has 1 aliphatic rings. The third-order valence-electron chi connectivity index (χ3n) is 3.18. The molecule has 3 atom stereocenters. The zero-order chi connectivity index (χ0) is 13.3. The molecule has 0 saturated carbocycles. The van der Waals surface area contributed by atoms with Gasteiger partial charge in [0.25, 0.3) is 0 Å². The second-order valence-corrected chi connectivity index (χ2v) is 4.76. The van der Waals surface area contributed by atoms with Crippen LogP contribution in [0.4, 0.5) is 4.79 Å². The van der Waals surface area contributed by atoms with Crippen LogP contribution in [-0.4, -0.2) is 45.1 Å². The number of benzene rings is 1. The first-order valence-electron chi connectivity index (χ1n) is 5.62. The van der Waals surface area contributed by atoms with Crippen molar-refractivity contribution in [3.63, 3.8) is 0 Å². The second-order valence-electron chi connectivity index (χ2n) is 4.32. The smallest absolute Gasteiger partial charge is 0.407 e. The van der Waals surface area contributed by atoms with Crippen LogP contribution in [0.25, 0.3) is 0 Å². The number of piperidine rings is 1. The van der Waals surface area contributed by atoms with Crippen molar-refractivity contribution in [3.05, 3.63) is 34.9 Å². The fraction of sp³-hybridized carbons (Fsp3) is 0.417. The number of carboxylic acid groups (broad SMARTS) is 1. The number of hydrogen-bond donors (Lipinski definition) is 3. The summed E-state index contributed by atoms with van der Waals surface area (Å²) in [5.74, 6) is 0. The molecule has 1 saturated heterocycles. The minimum Gasteiger partial charge on any atom is -0.465 e. The van der Waals surface area contributed by atoms with Crippen molar-refractivity contribution in [2.24, 2.45) is 0 Å². The standard InChI is InChI=1S/C12H14ClNO4/c13-8-3-1-7(2-4-8)10-11(16)9(15)5-6-14(10)12(17)18/h1-4,9-11,15-16H,5-6H2,(H,17,18). The van der Waals surface area contributed by atoms with Crippen molar-refractivity contribution >= 4 is 17.7 Å². The van der Waals surface area contributed by atoms with Gasteiger partial charge in [-0.2, -0.15) is 0 Å². The predicted octanol–water partition coefficient (Wildman–Crippen LogP) is 1.49. The Labute approximate surface area is 109 Å². The van der Waals surface area contributed by atoms with Gasteiger partial charge in [0, 0.05) is 11.6 Å². The van der Waals surface area contributed by atoms with Crippen LogP contribution in [0.15, 0.2) is 24.3 Å². The Bertz CT molecular complexity index is 436. The Morgan fingerprint density at radius 3 is 2.44 bits per heavy atom. The van der Waals surface area contributed by atoms with Crippen LogP contribution in [0.1, 0.15) is 18.0 Å². The molecule has 6 heteroatoms. The van der Waals surface area contributed by atoms with E-state index in [0.717, 1.165) is 4.90 Å². The van der Waals surface area contributed by atoms with E-state index in [1.807, 2.05) is 0 Å². The van der Waals surface area contributed by atoms with E-state index in [1.54, 1.807) is 24.3 Å². The highest BCUT2D eigenvalue weighted by molar-refractivity contribution is 6.30. The number of aliphatic hydroxyl groups is 2. The maximum absolute atomic E-state index is 11.2. The van der Waals surface area contributed by atoms with Crippen molar-refractivity contribution in [1.29, 1.82) is 0 Å². The van der Waals surface area contributed by atoms with Gasteiger partial charge in [-0.1, -0.05) is 23.7 Å². The Morgan fingerprint density at radius 2 is 1.89 bits per heavy atom. The van der Waals surface area contributed by atoms with E-state index in [1.165, 1.54) is 0 Å². The van der Waals surface area contributed by atoms with Gasteiger partial charge in [-0.05, 0) is 24.1 Å². The lowest BCUT2D eigenvalue weighted by Crippen LogP contribution is -2.50. The summed E-state index contributed by atoms with van der Waals surface area (Å²) in [5, 5.41) is 29.3. The largest absolute Gasteiger partial charge is 0.465 e. The summed E-state index contributed by atoms with van der Waals surface area (Å²) in [7, 11) is 0. The van der Waals surface area contributed by atoms with Crippen molar-refractivity contribution in [3.8, 4) is 0 Å². The Kier molecular flexibility index (Phi) is 3.75. The molecule has 1 amide bonds. The average molecular weight is 272 g/mol. The summed E-state index contributed by atoms with van der Waals surface area (Å²) in [4.78, 5) is 12.3. The van der Waals surface area contributed by atoms with Gasteiger partial charge < -0.3 is 15.3 Å². The first-order chi connectivity index (χ1) is 8.50. The molecule has 18 heavy (non-hydrogen) atoms. The van der Waals surface area contributed by atoms with Gasteiger partial charge >= 0.3 is 6.09 Å². The Hall–Kier alpha value is -1.30. The molecule has 98 valence electrons. The maximum Gasteiger partial charge on any atom is 0.407 e. The first kappa shape index (κ1) is 13.1. The zero-order valence-electron chi connectivity index (χ0n) is 9.53. The van der Waals surface area contributed by atoms with E-state index in [2.05, 4.69) is 0 Å². The van der Waals surface area contributed by atoms with Crippen LogP contribution in [0.2, 0.25) is 5.02 Å². The number of likely N-dealkylation sites (tertiary alicyclic amines) is 1. The molecule has 3 N–H and O–H groups in total. The lowest BCUT2D eigenvalue weighted by atomic mass is 9.91. The average Bonchev–Trinajstić information content (AvgIpc) is 2.33. The van der Waals surface area contributed by atoms with Gasteiger partial charge in [0.05, 0.1) is 12.1 Å². The molecule has 0 aliphatic carbocycles. The van der Waals surface area contributed by atoms with E-state index < -0.39 is 24.3 Å². The lowest BCUT2D eigenvalue weighted by molar-refractivity contribution is -0.0693. The number of nitrogens with zero attached hydrogens (tertiary/aromatic N) is 1. The summed E-state index contributed by atoms with van der Waals surface area (Å²) in [6.07, 6.45) is -2.92. The van der Waals surface area contributed by atoms with E-state index >= 15 is 0 Å². The molecule has 1 aromatic rings. The molecule has 5 nitrogen and oxygen atoms in total. The van der Waals surface area contributed by atoms with Gasteiger partial charge in [0.15, 0.2) is 0 Å². The van der Waals surface area contributed by atoms with Gasteiger partial charge in [-0.3, -0.25) is 4.90 Å². The van der Waals surface area contributed by atoms with Gasteiger partial charge in [-0.25, -0.2) is 4.79 Å². The van der Waals surface area contributed by atoms with Crippen LogP contribution >= 0.6 is 11.6 Å².